The summed E-state index contributed by atoms with van der Waals surface area (Å²) in [5, 5.41) is 0. The number of amides is 1. The molecule has 1 amide bonds. The van der Waals surface area contributed by atoms with Gasteiger partial charge in [-0.25, -0.2) is 0 Å². The van der Waals surface area contributed by atoms with Crippen molar-refractivity contribution >= 4 is 60.7 Å². The van der Waals surface area contributed by atoms with E-state index in [2.05, 4.69) is 20.9 Å². The van der Waals surface area contributed by atoms with E-state index < -0.39 is 0 Å². The smallest absolute Gasteiger partial charge is 0.326 e. The van der Waals surface area contributed by atoms with Crippen LogP contribution in [0.15, 0.2) is 39.1 Å². The van der Waals surface area contributed by atoms with Gasteiger partial charge in [0.2, 0.25) is 0 Å². The summed E-state index contributed by atoms with van der Waals surface area (Å²) in [7, 11) is 0. The largest absolute Gasteiger partial charge is 0.465 e. The lowest BCUT2D eigenvalue weighted by atomic mass is 10.2. The van der Waals surface area contributed by atoms with Crippen molar-refractivity contribution in [3.05, 3.63) is 49.4 Å². The minimum Gasteiger partial charge on any atom is -0.465 e. The molecular weight excluding hydrogens is 424 g/mol. The van der Waals surface area contributed by atoms with Gasteiger partial charge >= 0.3 is 5.97 Å². The van der Waals surface area contributed by atoms with Crippen molar-refractivity contribution in [3.63, 3.8) is 0 Å². The maximum absolute atomic E-state index is 12.4. The average Bonchev–Trinajstić information content (AvgIpc) is 3.12. The molecule has 5 nitrogen and oxygen atoms in total. The highest BCUT2D eigenvalue weighted by Gasteiger charge is 2.13. The molecule has 0 aliphatic heterocycles. The number of halogens is 1. The molecule has 0 spiro atoms. The predicted octanol–water partition coefficient (Wildman–Crippen LogP) is 4.14. The summed E-state index contributed by atoms with van der Waals surface area (Å²) in [6.45, 7) is 4.10. The van der Waals surface area contributed by atoms with Gasteiger partial charge in [-0.15, -0.1) is 11.3 Å². The van der Waals surface area contributed by atoms with Crippen molar-refractivity contribution in [1.82, 2.24) is 4.57 Å². The molecule has 0 aliphatic rings. The van der Waals surface area contributed by atoms with Crippen LogP contribution in [0.2, 0.25) is 0 Å². The number of benzene rings is 1. The number of ether oxygens (including phenoxy) is 1. The number of fused-ring (bicyclic) bond motifs is 1. The highest BCUT2D eigenvalue weighted by molar-refractivity contribution is 9.11. The zero-order chi connectivity index (χ0) is 18.0. The molecule has 0 saturated heterocycles. The van der Waals surface area contributed by atoms with Crippen LogP contribution in [-0.4, -0.2) is 23.1 Å². The van der Waals surface area contributed by atoms with Crippen LogP contribution < -0.4 is 4.80 Å². The Balaban J connectivity index is 2.10. The SMILES string of the molecule is CCOC(=O)Cn1c(=NC(=O)c2ccc(Br)s2)sc2cc(C)ccc21. The number of rotatable bonds is 4. The molecule has 0 unspecified atom stereocenters. The zero-order valence-electron chi connectivity index (χ0n) is 13.6. The first-order chi connectivity index (χ1) is 12.0. The van der Waals surface area contributed by atoms with Crippen molar-refractivity contribution in [3.8, 4) is 0 Å². The summed E-state index contributed by atoms with van der Waals surface area (Å²) in [6.07, 6.45) is 0. The standard InChI is InChI=1S/C17H15BrN2O3S2/c1-3-23-15(21)9-20-11-5-4-10(2)8-13(11)25-17(20)19-16(22)12-6-7-14(18)24-12/h4-8H,3,9H2,1-2H3. The molecule has 3 rings (SSSR count). The Bertz CT molecular complexity index is 1020. The average molecular weight is 439 g/mol. The van der Waals surface area contributed by atoms with E-state index in [0.717, 1.165) is 19.6 Å². The van der Waals surface area contributed by atoms with Crippen molar-refractivity contribution in [2.45, 2.75) is 20.4 Å². The lowest BCUT2D eigenvalue weighted by Gasteiger charge is -2.05. The van der Waals surface area contributed by atoms with Crippen molar-refractivity contribution < 1.29 is 14.3 Å². The Kier molecular flexibility index (Phi) is 5.51. The predicted molar refractivity (Wildman–Crippen MR) is 103 cm³/mol. The van der Waals surface area contributed by atoms with Crippen LogP contribution in [-0.2, 0) is 16.1 Å². The minimum atomic E-state index is -0.351. The molecule has 25 heavy (non-hydrogen) atoms. The summed E-state index contributed by atoms with van der Waals surface area (Å²) in [4.78, 5) is 29.7. The van der Waals surface area contributed by atoms with Gasteiger partial charge in [-0.3, -0.25) is 9.59 Å². The van der Waals surface area contributed by atoms with Crippen LogP contribution in [0, 0.1) is 6.92 Å². The van der Waals surface area contributed by atoms with Gasteiger partial charge in [0.05, 0.1) is 25.5 Å². The fourth-order valence-electron chi connectivity index (χ4n) is 2.33. The van der Waals surface area contributed by atoms with E-state index in [1.165, 1.54) is 22.7 Å². The monoisotopic (exact) mass is 438 g/mol. The van der Waals surface area contributed by atoms with Crippen LogP contribution >= 0.6 is 38.6 Å². The second-order valence-corrected chi connectivity index (χ2v) is 8.74. The molecule has 2 heterocycles. The summed E-state index contributed by atoms with van der Waals surface area (Å²) >= 11 is 6.07. The number of thiophene rings is 1. The molecule has 0 atom stereocenters. The Morgan fingerprint density at radius 3 is 2.72 bits per heavy atom. The van der Waals surface area contributed by atoms with Gasteiger partial charge in [-0.2, -0.15) is 4.99 Å². The van der Waals surface area contributed by atoms with E-state index in [-0.39, 0.29) is 18.4 Å². The number of carbonyl (C=O) groups is 2. The third-order valence-electron chi connectivity index (χ3n) is 3.41. The van der Waals surface area contributed by atoms with Gasteiger partial charge in [-0.1, -0.05) is 17.4 Å². The molecule has 1 aromatic carbocycles. The molecular formula is C17H15BrN2O3S2. The topological polar surface area (TPSA) is 60.7 Å². The highest BCUT2D eigenvalue weighted by Crippen LogP contribution is 2.23. The maximum Gasteiger partial charge on any atom is 0.326 e. The van der Waals surface area contributed by atoms with Gasteiger partial charge < -0.3 is 9.30 Å². The van der Waals surface area contributed by atoms with Crippen molar-refractivity contribution in [1.29, 1.82) is 0 Å². The number of hydrogen-bond donors (Lipinski definition) is 0. The van der Waals surface area contributed by atoms with Crippen LogP contribution in [0.1, 0.15) is 22.2 Å². The molecule has 0 aliphatic carbocycles. The van der Waals surface area contributed by atoms with Crippen LogP contribution in [0.5, 0.6) is 0 Å². The number of aryl methyl sites for hydroxylation is 1. The lowest BCUT2D eigenvalue weighted by molar-refractivity contribution is -0.143. The maximum atomic E-state index is 12.4. The number of carbonyl (C=O) groups excluding carboxylic acids is 2. The van der Waals surface area contributed by atoms with Gasteiger partial charge in [0.1, 0.15) is 6.54 Å². The van der Waals surface area contributed by atoms with Crippen LogP contribution in [0.3, 0.4) is 0 Å². The molecule has 0 N–H and O–H groups in total. The van der Waals surface area contributed by atoms with E-state index in [1.807, 2.05) is 31.2 Å². The van der Waals surface area contributed by atoms with Gasteiger partial charge in [0.25, 0.3) is 5.91 Å². The molecule has 8 heteroatoms. The molecule has 130 valence electrons. The first-order valence-corrected chi connectivity index (χ1v) is 10.0. The third kappa shape index (κ3) is 4.08. The number of esters is 1. The summed E-state index contributed by atoms with van der Waals surface area (Å²) < 4.78 is 8.63. The highest BCUT2D eigenvalue weighted by atomic mass is 79.9. The number of aromatic nitrogens is 1. The van der Waals surface area contributed by atoms with Gasteiger partial charge in [0.15, 0.2) is 4.80 Å². The van der Waals surface area contributed by atoms with Crippen molar-refractivity contribution in [2.24, 2.45) is 4.99 Å². The summed E-state index contributed by atoms with van der Waals surface area (Å²) in [5.74, 6) is -0.674. The minimum absolute atomic E-state index is 0.0249. The third-order valence-corrected chi connectivity index (χ3v) is 6.06. The number of hydrogen-bond acceptors (Lipinski definition) is 5. The summed E-state index contributed by atoms with van der Waals surface area (Å²) in [5.41, 5.74) is 1.97. The fourth-order valence-corrected chi connectivity index (χ4v) is 4.72. The Morgan fingerprint density at radius 2 is 2.04 bits per heavy atom. The van der Waals surface area contributed by atoms with E-state index in [0.29, 0.717) is 16.3 Å². The molecule has 0 fully saturated rings. The first-order valence-electron chi connectivity index (χ1n) is 7.58. The van der Waals surface area contributed by atoms with Crippen LogP contribution in [0.25, 0.3) is 10.2 Å². The molecule has 2 aromatic heterocycles. The Labute approximate surface area is 160 Å². The lowest BCUT2D eigenvalue weighted by Crippen LogP contribution is -2.23. The number of nitrogens with zero attached hydrogens (tertiary/aromatic N) is 2. The Hall–Kier alpha value is -1.77. The van der Waals surface area contributed by atoms with E-state index >= 15 is 0 Å². The molecule has 0 bridgehead atoms. The summed E-state index contributed by atoms with van der Waals surface area (Å²) in [6, 6.07) is 9.47. The van der Waals surface area contributed by atoms with Gasteiger partial charge in [-0.05, 0) is 59.6 Å². The van der Waals surface area contributed by atoms with E-state index in [1.54, 1.807) is 17.6 Å². The quantitative estimate of drug-likeness (QED) is 0.575. The molecule has 3 aromatic rings. The molecule has 0 saturated carbocycles. The zero-order valence-corrected chi connectivity index (χ0v) is 16.8. The second-order valence-electron chi connectivity index (χ2n) is 5.27. The molecule has 0 radical (unpaired) electrons. The fraction of sp³-hybridized carbons (Fsp3) is 0.235. The van der Waals surface area contributed by atoms with Gasteiger partial charge in [0, 0.05) is 0 Å². The van der Waals surface area contributed by atoms with E-state index in [4.69, 9.17) is 4.74 Å². The normalized spacial score (nSPS) is 11.9. The van der Waals surface area contributed by atoms with E-state index in [9.17, 15) is 9.59 Å². The van der Waals surface area contributed by atoms with Crippen LogP contribution in [0.4, 0.5) is 0 Å². The number of thiazole rings is 1. The Morgan fingerprint density at radius 1 is 1.24 bits per heavy atom. The van der Waals surface area contributed by atoms with Crippen molar-refractivity contribution in [2.75, 3.05) is 6.61 Å². The first kappa shape index (κ1) is 18.0. The second kappa shape index (κ2) is 7.63.